The van der Waals surface area contributed by atoms with E-state index in [-0.39, 0.29) is 30.0 Å². The summed E-state index contributed by atoms with van der Waals surface area (Å²) in [7, 11) is 0. The number of ether oxygens (including phenoxy) is 1. The van der Waals surface area contributed by atoms with Gasteiger partial charge in [-0.1, -0.05) is 12.1 Å². The van der Waals surface area contributed by atoms with Gasteiger partial charge in [-0.25, -0.2) is 0 Å². The molecule has 0 aliphatic carbocycles. The minimum atomic E-state index is -4.39. The van der Waals surface area contributed by atoms with Gasteiger partial charge in [0.1, 0.15) is 12.0 Å². The van der Waals surface area contributed by atoms with Crippen LogP contribution in [-0.2, 0) is 11.3 Å². The van der Waals surface area contributed by atoms with E-state index in [0.717, 1.165) is 12.0 Å². The number of halogens is 3. The lowest BCUT2D eigenvalue weighted by Gasteiger charge is -2.31. The first kappa shape index (κ1) is 20.8. The number of benzene rings is 1. The van der Waals surface area contributed by atoms with E-state index in [1.807, 2.05) is 0 Å². The molecule has 2 aromatic rings. The van der Waals surface area contributed by atoms with Gasteiger partial charge in [0, 0.05) is 19.6 Å². The minimum Gasteiger partial charge on any atom is -0.484 e. The highest BCUT2D eigenvalue weighted by atomic mass is 19.4. The second-order valence-corrected chi connectivity index (χ2v) is 6.87. The molecule has 2 heterocycles. The molecule has 29 heavy (non-hydrogen) atoms. The van der Waals surface area contributed by atoms with Gasteiger partial charge in [0.2, 0.25) is 5.91 Å². The molecule has 2 amide bonds. The number of alkyl halides is 3. The molecule has 1 aliphatic heterocycles. The van der Waals surface area contributed by atoms with E-state index >= 15 is 0 Å². The number of nitrogens with one attached hydrogen (secondary N) is 1. The maximum Gasteiger partial charge on any atom is 0.422 e. The van der Waals surface area contributed by atoms with Crippen LogP contribution in [0.15, 0.2) is 47.3 Å². The van der Waals surface area contributed by atoms with E-state index in [4.69, 9.17) is 4.42 Å². The fourth-order valence-corrected chi connectivity index (χ4v) is 3.15. The maximum absolute atomic E-state index is 12.5. The molecule has 1 aliphatic rings. The van der Waals surface area contributed by atoms with E-state index < -0.39 is 12.8 Å². The molecular weight excluding hydrogens is 389 g/mol. The zero-order chi connectivity index (χ0) is 20.9. The summed E-state index contributed by atoms with van der Waals surface area (Å²) in [6.45, 7) is -0.184. The quantitative estimate of drug-likeness (QED) is 0.793. The highest BCUT2D eigenvalue weighted by Crippen LogP contribution is 2.21. The van der Waals surface area contributed by atoms with Crippen LogP contribution in [0.2, 0.25) is 0 Å². The lowest BCUT2D eigenvalue weighted by atomic mass is 9.96. The lowest BCUT2D eigenvalue weighted by molar-refractivity contribution is -0.153. The molecule has 1 unspecified atom stereocenters. The molecule has 1 aromatic heterocycles. The Balaban J connectivity index is 1.48. The lowest BCUT2D eigenvalue weighted by Crippen LogP contribution is -2.45. The van der Waals surface area contributed by atoms with Gasteiger partial charge in [-0.2, -0.15) is 13.2 Å². The van der Waals surface area contributed by atoms with Crippen LogP contribution < -0.4 is 10.1 Å². The minimum absolute atomic E-state index is 0.109. The normalized spacial score (nSPS) is 17.1. The number of rotatable bonds is 6. The van der Waals surface area contributed by atoms with Crippen molar-refractivity contribution < 1.29 is 31.9 Å². The second kappa shape index (κ2) is 9.02. The average molecular weight is 410 g/mol. The third-order valence-corrected chi connectivity index (χ3v) is 4.64. The Kier molecular flexibility index (Phi) is 6.46. The number of carbonyl (C=O) groups is 2. The number of hydrogen-bond acceptors (Lipinski definition) is 4. The van der Waals surface area contributed by atoms with E-state index in [2.05, 4.69) is 10.1 Å². The van der Waals surface area contributed by atoms with Crippen LogP contribution in [0.1, 0.15) is 28.8 Å². The van der Waals surface area contributed by atoms with Crippen molar-refractivity contribution in [2.45, 2.75) is 25.6 Å². The van der Waals surface area contributed by atoms with Crippen molar-refractivity contribution in [2.24, 2.45) is 5.92 Å². The van der Waals surface area contributed by atoms with Crippen LogP contribution in [0, 0.1) is 5.92 Å². The second-order valence-electron chi connectivity index (χ2n) is 6.87. The predicted molar refractivity (Wildman–Crippen MR) is 97.2 cm³/mol. The highest BCUT2D eigenvalue weighted by molar-refractivity contribution is 5.94. The molecule has 0 bridgehead atoms. The predicted octanol–water partition coefficient (Wildman–Crippen LogP) is 3.39. The van der Waals surface area contributed by atoms with Crippen LogP contribution in [0.5, 0.6) is 5.75 Å². The summed E-state index contributed by atoms with van der Waals surface area (Å²) >= 11 is 0. The fraction of sp³-hybridized carbons (Fsp3) is 0.400. The molecule has 0 radical (unpaired) electrons. The van der Waals surface area contributed by atoms with Crippen LogP contribution in [0.25, 0.3) is 0 Å². The van der Waals surface area contributed by atoms with E-state index in [1.54, 1.807) is 23.1 Å². The maximum atomic E-state index is 12.5. The van der Waals surface area contributed by atoms with Gasteiger partial charge in [-0.3, -0.25) is 9.59 Å². The molecule has 6 nitrogen and oxygen atoms in total. The Labute approximate surface area is 165 Å². The third-order valence-electron chi connectivity index (χ3n) is 4.64. The Morgan fingerprint density at radius 3 is 2.62 bits per heavy atom. The molecule has 0 saturated carbocycles. The number of hydrogen-bond donors (Lipinski definition) is 1. The van der Waals surface area contributed by atoms with Gasteiger partial charge in [0.25, 0.3) is 5.91 Å². The Morgan fingerprint density at radius 1 is 1.21 bits per heavy atom. The molecule has 1 aromatic carbocycles. The van der Waals surface area contributed by atoms with Crippen molar-refractivity contribution in [3.05, 3.63) is 54.0 Å². The number of piperidine rings is 1. The Bertz CT molecular complexity index is 819. The number of likely N-dealkylation sites (tertiary alicyclic amines) is 1. The van der Waals surface area contributed by atoms with Gasteiger partial charge in [-0.05, 0) is 36.6 Å². The summed E-state index contributed by atoms with van der Waals surface area (Å²) in [5.74, 6) is -0.523. The number of carbonyl (C=O) groups excluding carboxylic acids is 2. The summed E-state index contributed by atoms with van der Waals surface area (Å²) in [6, 6.07) is 7.65. The van der Waals surface area contributed by atoms with Gasteiger partial charge < -0.3 is 19.4 Å². The number of furan rings is 1. The first-order valence-electron chi connectivity index (χ1n) is 9.19. The van der Waals surface area contributed by atoms with Crippen LogP contribution in [-0.4, -0.2) is 42.6 Å². The number of amides is 2. The molecule has 9 heteroatoms. The SMILES string of the molecule is O=C(NCc1ccc(OCC(F)(F)F)cc1)C1CCCN(C(=O)c2ccoc2)C1. The van der Waals surface area contributed by atoms with Gasteiger partial charge in [0.05, 0.1) is 17.7 Å². The first-order valence-corrected chi connectivity index (χ1v) is 9.19. The average Bonchev–Trinajstić information content (AvgIpc) is 3.25. The number of nitrogens with zero attached hydrogens (tertiary/aromatic N) is 1. The van der Waals surface area contributed by atoms with Crippen LogP contribution in [0.3, 0.4) is 0 Å². The monoisotopic (exact) mass is 410 g/mol. The summed E-state index contributed by atoms with van der Waals surface area (Å²) in [6.07, 6.45) is -0.160. The molecular formula is C20H21F3N2O4. The molecule has 1 saturated heterocycles. The zero-order valence-electron chi connectivity index (χ0n) is 15.6. The summed E-state index contributed by atoms with van der Waals surface area (Å²) < 4.78 is 46.1. The highest BCUT2D eigenvalue weighted by Gasteiger charge is 2.29. The van der Waals surface area contributed by atoms with Crippen molar-refractivity contribution in [2.75, 3.05) is 19.7 Å². The third kappa shape index (κ3) is 6.00. The van der Waals surface area contributed by atoms with E-state index in [1.165, 1.54) is 24.7 Å². The van der Waals surface area contributed by atoms with E-state index in [0.29, 0.717) is 25.1 Å². The van der Waals surface area contributed by atoms with Crippen molar-refractivity contribution in [3.8, 4) is 5.75 Å². The molecule has 0 spiro atoms. The van der Waals surface area contributed by atoms with Crippen molar-refractivity contribution in [1.82, 2.24) is 10.2 Å². The van der Waals surface area contributed by atoms with Gasteiger partial charge in [-0.15, -0.1) is 0 Å². The van der Waals surface area contributed by atoms with Crippen molar-refractivity contribution >= 4 is 11.8 Å². The molecule has 3 rings (SSSR count). The summed E-state index contributed by atoms with van der Waals surface area (Å²) in [5, 5.41) is 2.82. The largest absolute Gasteiger partial charge is 0.484 e. The molecule has 1 fully saturated rings. The fourth-order valence-electron chi connectivity index (χ4n) is 3.15. The molecule has 1 atom stereocenters. The smallest absolute Gasteiger partial charge is 0.422 e. The van der Waals surface area contributed by atoms with Crippen molar-refractivity contribution in [3.63, 3.8) is 0 Å². The Hall–Kier alpha value is -2.97. The van der Waals surface area contributed by atoms with Gasteiger partial charge >= 0.3 is 6.18 Å². The van der Waals surface area contributed by atoms with Crippen LogP contribution >= 0.6 is 0 Å². The first-order chi connectivity index (χ1) is 13.8. The Morgan fingerprint density at radius 2 is 1.97 bits per heavy atom. The molecule has 1 N–H and O–H groups in total. The summed E-state index contributed by atoms with van der Waals surface area (Å²) in [5.41, 5.74) is 1.19. The standard InChI is InChI=1S/C20H21F3N2O4/c21-20(22,23)13-29-17-5-3-14(4-6-17)10-24-18(26)15-2-1-8-25(11-15)19(27)16-7-9-28-12-16/h3-7,9,12,15H,1-2,8,10-11,13H2,(H,24,26). The van der Waals surface area contributed by atoms with E-state index in [9.17, 15) is 22.8 Å². The molecule has 156 valence electrons. The van der Waals surface area contributed by atoms with Gasteiger partial charge in [0.15, 0.2) is 6.61 Å². The van der Waals surface area contributed by atoms with Crippen LogP contribution in [0.4, 0.5) is 13.2 Å². The zero-order valence-corrected chi connectivity index (χ0v) is 15.6. The topological polar surface area (TPSA) is 71.8 Å². The van der Waals surface area contributed by atoms with Crippen molar-refractivity contribution in [1.29, 1.82) is 0 Å². The summed E-state index contributed by atoms with van der Waals surface area (Å²) in [4.78, 5) is 26.5.